The molecule has 2 unspecified atom stereocenters. The van der Waals surface area contributed by atoms with Crippen molar-refractivity contribution in [3.63, 3.8) is 0 Å². The summed E-state index contributed by atoms with van der Waals surface area (Å²) in [6.07, 6.45) is 5.71. The van der Waals surface area contributed by atoms with E-state index in [0.29, 0.717) is 17.9 Å². The third-order valence-corrected chi connectivity index (χ3v) is 4.94. The summed E-state index contributed by atoms with van der Waals surface area (Å²) >= 11 is 0. The van der Waals surface area contributed by atoms with Crippen LogP contribution in [0.2, 0.25) is 0 Å². The Kier molecular flexibility index (Phi) is 4.24. The maximum atomic E-state index is 12.5. The van der Waals surface area contributed by atoms with Gasteiger partial charge in [0.1, 0.15) is 5.54 Å². The van der Waals surface area contributed by atoms with Crippen molar-refractivity contribution in [2.75, 3.05) is 13.2 Å². The molecule has 2 aliphatic rings. The van der Waals surface area contributed by atoms with Gasteiger partial charge in [-0.2, -0.15) is 0 Å². The molecular formula is C16H29NO2. The summed E-state index contributed by atoms with van der Waals surface area (Å²) < 4.78 is 5.37. The quantitative estimate of drug-likeness (QED) is 0.778. The van der Waals surface area contributed by atoms with E-state index in [-0.39, 0.29) is 5.97 Å². The number of carbonyl (C=O) groups excluding carboxylic acids is 1. The van der Waals surface area contributed by atoms with Crippen molar-refractivity contribution in [3.05, 3.63) is 0 Å². The minimum absolute atomic E-state index is 0.0290. The Bertz CT molecular complexity index is 332. The number of carbonyl (C=O) groups is 1. The zero-order chi connectivity index (χ0) is 14.1. The normalized spacial score (nSPS) is 34.0. The summed E-state index contributed by atoms with van der Waals surface area (Å²) in [4.78, 5) is 12.5. The molecule has 0 radical (unpaired) electrons. The molecular weight excluding hydrogens is 238 g/mol. The Hall–Kier alpha value is -0.570. The predicted molar refractivity (Wildman–Crippen MR) is 76.9 cm³/mol. The van der Waals surface area contributed by atoms with Crippen molar-refractivity contribution in [2.24, 2.45) is 17.3 Å². The van der Waals surface area contributed by atoms with Crippen LogP contribution in [0.25, 0.3) is 0 Å². The second-order valence-corrected chi connectivity index (χ2v) is 7.29. The molecule has 2 aliphatic carbocycles. The zero-order valence-corrected chi connectivity index (χ0v) is 12.9. The van der Waals surface area contributed by atoms with Crippen molar-refractivity contribution in [2.45, 2.75) is 65.3 Å². The Morgan fingerprint density at radius 2 is 2.00 bits per heavy atom. The van der Waals surface area contributed by atoms with Crippen molar-refractivity contribution in [1.82, 2.24) is 5.32 Å². The van der Waals surface area contributed by atoms with E-state index >= 15 is 0 Å². The number of nitrogens with one attached hydrogen (secondary N) is 1. The molecule has 19 heavy (non-hydrogen) atoms. The molecule has 0 bridgehead atoms. The molecule has 0 spiro atoms. The van der Waals surface area contributed by atoms with Gasteiger partial charge in [0.25, 0.3) is 0 Å². The molecule has 0 aromatic rings. The van der Waals surface area contributed by atoms with Gasteiger partial charge < -0.3 is 10.1 Å². The first-order chi connectivity index (χ1) is 8.89. The molecule has 2 atom stereocenters. The smallest absolute Gasteiger partial charge is 0.326 e. The predicted octanol–water partition coefficient (Wildman–Crippen LogP) is 3.13. The summed E-state index contributed by atoms with van der Waals surface area (Å²) in [5, 5.41) is 3.59. The molecule has 110 valence electrons. The van der Waals surface area contributed by atoms with Crippen molar-refractivity contribution >= 4 is 5.97 Å². The lowest BCUT2D eigenvalue weighted by molar-refractivity contribution is -0.157. The highest BCUT2D eigenvalue weighted by molar-refractivity contribution is 5.81. The first-order valence-electron chi connectivity index (χ1n) is 7.82. The van der Waals surface area contributed by atoms with Crippen LogP contribution in [0.15, 0.2) is 0 Å². The van der Waals surface area contributed by atoms with Gasteiger partial charge >= 0.3 is 5.97 Å². The second kappa shape index (κ2) is 5.43. The second-order valence-electron chi connectivity index (χ2n) is 7.29. The van der Waals surface area contributed by atoms with Gasteiger partial charge in [-0.1, -0.05) is 20.8 Å². The fourth-order valence-electron chi connectivity index (χ4n) is 3.43. The third kappa shape index (κ3) is 3.31. The number of ether oxygens (including phenoxy) is 1. The van der Waals surface area contributed by atoms with E-state index in [9.17, 15) is 4.79 Å². The van der Waals surface area contributed by atoms with E-state index in [0.717, 1.165) is 31.7 Å². The SMILES string of the molecule is CCOC(=O)C1(NCC2CC2)CCC(C)(C)CC1C. The van der Waals surface area contributed by atoms with Crippen LogP contribution in [0.3, 0.4) is 0 Å². The Morgan fingerprint density at radius 3 is 2.53 bits per heavy atom. The van der Waals surface area contributed by atoms with Gasteiger partial charge in [0, 0.05) is 0 Å². The van der Waals surface area contributed by atoms with Crippen molar-refractivity contribution in [1.29, 1.82) is 0 Å². The minimum Gasteiger partial charge on any atom is -0.465 e. The summed E-state index contributed by atoms with van der Waals surface area (Å²) in [6.45, 7) is 10.2. The highest BCUT2D eigenvalue weighted by Gasteiger charge is 2.50. The number of rotatable bonds is 5. The molecule has 0 aromatic heterocycles. The third-order valence-electron chi connectivity index (χ3n) is 4.94. The number of esters is 1. The van der Waals surface area contributed by atoms with Crippen LogP contribution in [0.1, 0.15) is 59.8 Å². The Labute approximate surface area is 117 Å². The molecule has 2 fully saturated rings. The molecule has 0 aliphatic heterocycles. The lowest BCUT2D eigenvalue weighted by atomic mass is 9.63. The lowest BCUT2D eigenvalue weighted by Gasteiger charge is -2.47. The molecule has 2 saturated carbocycles. The van der Waals surface area contributed by atoms with Gasteiger partial charge in [-0.25, -0.2) is 0 Å². The van der Waals surface area contributed by atoms with Gasteiger partial charge in [0.2, 0.25) is 0 Å². The molecule has 2 rings (SSSR count). The van der Waals surface area contributed by atoms with E-state index in [1.807, 2.05) is 6.92 Å². The van der Waals surface area contributed by atoms with Crippen LogP contribution in [0.4, 0.5) is 0 Å². The van der Waals surface area contributed by atoms with Crippen molar-refractivity contribution < 1.29 is 9.53 Å². The Balaban J connectivity index is 2.10. The van der Waals surface area contributed by atoms with Crippen LogP contribution in [0, 0.1) is 17.3 Å². The molecule has 3 nitrogen and oxygen atoms in total. The van der Waals surface area contributed by atoms with Gasteiger partial charge in [-0.05, 0) is 62.8 Å². The molecule has 0 heterocycles. The van der Waals surface area contributed by atoms with Crippen LogP contribution in [-0.2, 0) is 9.53 Å². The van der Waals surface area contributed by atoms with E-state index in [1.54, 1.807) is 0 Å². The fourth-order valence-corrected chi connectivity index (χ4v) is 3.43. The average molecular weight is 267 g/mol. The Morgan fingerprint density at radius 1 is 1.32 bits per heavy atom. The minimum atomic E-state index is -0.436. The highest BCUT2D eigenvalue weighted by Crippen LogP contribution is 2.45. The maximum absolute atomic E-state index is 12.5. The molecule has 0 amide bonds. The highest BCUT2D eigenvalue weighted by atomic mass is 16.5. The van der Waals surface area contributed by atoms with Crippen LogP contribution in [0.5, 0.6) is 0 Å². The van der Waals surface area contributed by atoms with Crippen LogP contribution in [-0.4, -0.2) is 24.7 Å². The van der Waals surface area contributed by atoms with Crippen molar-refractivity contribution in [3.8, 4) is 0 Å². The molecule has 3 heteroatoms. The van der Waals surface area contributed by atoms with Gasteiger partial charge in [0.05, 0.1) is 6.61 Å². The summed E-state index contributed by atoms with van der Waals surface area (Å²) in [5.41, 5.74) is -0.0925. The van der Waals surface area contributed by atoms with Gasteiger partial charge in [-0.3, -0.25) is 4.79 Å². The van der Waals surface area contributed by atoms with Crippen LogP contribution >= 0.6 is 0 Å². The van der Waals surface area contributed by atoms with Crippen LogP contribution < -0.4 is 5.32 Å². The fraction of sp³-hybridized carbons (Fsp3) is 0.938. The zero-order valence-electron chi connectivity index (χ0n) is 12.9. The maximum Gasteiger partial charge on any atom is 0.326 e. The van der Waals surface area contributed by atoms with E-state index in [4.69, 9.17) is 4.74 Å². The average Bonchev–Trinajstić information content (AvgIpc) is 3.12. The monoisotopic (exact) mass is 267 g/mol. The van der Waals surface area contributed by atoms with Gasteiger partial charge in [0.15, 0.2) is 0 Å². The molecule has 0 aromatic carbocycles. The first-order valence-corrected chi connectivity index (χ1v) is 7.82. The van der Waals surface area contributed by atoms with E-state index in [2.05, 4.69) is 26.1 Å². The first kappa shape index (κ1) is 14.8. The molecule has 0 saturated heterocycles. The largest absolute Gasteiger partial charge is 0.465 e. The number of hydrogen-bond donors (Lipinski definition) is 1. The van der Waals surface area contributed by atoms with E-state index in [1.165, 1.54) is 12.8 Å². The lowest BCUT2D eigenvalue weighted by Crippen LogP contribution is -2.61. The van der Waals surface area contributed by atoms with E-state index < -0.39 is 5.54 Å². The van der Waals surface area contributed by atoms with Gasteiger partial charge in [-0.15, -0.1) is 0 Å². The summed E-state index contributed by atoms with van der Waals surface area (Å²) in [7, 11) is 0. The standard InChI is InChI=1S/C16H29NO2/c1-5-19-14(18)16(17-11-13-6-7-13)9-8-15(3,4)10-12(16)2/h12-13,17H,5-11H2,1-4H3. The number of hydrogen-bond acceptors (Lipinski definition) is 3. The topological polar surface area (TPSA) is 38.3 Å². The molecule has 1 N–H and O–H groups in total. The summed E-state index contributed by atoms with van der Waals surface area (Å²) in [6, 6.07) is 0. The summed E-state index contributed by atoms with van der Waals surface area (Å²) in [5.74, 6) is 1.10.